The molecular weight excluding hydrogens is 368 g/mol. The lowest BCUT2D eigenvalue weighted by atomic mass is 10.3. The Morgan fingerprint density at radius 3 is 1.90 bits per heavy atom. The highest BCUT2D eigenvalue weighted by Gasteiger charge is 2.10. The summed E-state index contributed by atoms with van der Waals surface area (Å²) in [5.41, 5.74) is 3.59. The molecule has 0 aliphatic rings. The molecule has 0 atom stereocenters. The third-order valence-electron chi connectivity index (χ3n) is 3.56. The Morgan fingerprint density at radius 2 is 1.34 bits per heavy atom. The van der Waals surface area contributed by atoms with Crippen molar-refractivity contribution in [1.82, 2.24) is 19.9 Å². The summed E-state index contributed by atoms with van der Waals surface area (Å²) >= 11 is 0. The number of hydrazone groups is 1. The molecule has 0 aliphatic carbocycles. The number of pyridine rings is 1. The first-order chi connectivity index (χ1) is 14.3. The van der Waals surface area contributed by atoms with Crippen molar-refractivity contribution < 1.29 is 9.47 Å². The average Bonchev–Trinajstić information content (AvgIpc) is 2.76. The van der Waals surface area contributed by atoms with Gasteiger partial charge in [0.1, 0.15) is 11.5 Å². The molecule has 8 nitrogen and oxygen atoms in total. The maximum atomic E-state index is 5.72. The number of hydrogen-bond donors (Lipinski definition) is 1. The Labute approximate surface area is 166 Å². The molecule has 1 N–H and O–H groups in total. The molecule has 0 aliphatic heterocycles. The maximum absolute atomic E-state index is 5.72. The summed E-state index contributed by atoms with van der Waals surface area (Å²) in [6.07, 6.45) is 4.98. The molecule has 8 heteroatoms. The molecule has 4 aromatic rings. The van der Waals surface area contributed by atoms with Gasteiger partial charge in [-0.1, -0.05) is 42.5 Å². The van der Waals surface area contributed by atoms with Crippen LogP contribution in [0.3, 0.4) is 0 Å². The molecule has 0 saturated carbocycles. The van der Waals surface area contributed by atoms with E-state index in [9.17, 15) is 0 Å². The van der Waals surface area contributed by atoms with Gasteiger partial charge in [0.05, 0.1) is 6.21 Å². The van der Waals surface area contributed by atoms with Gasteiger partial charge < -0.3 is 9.47 Å². The predicted octanol–water partition coefficient (Wildman–Crippen LogP) is 4.30. The molecular formula is C21H16N6O2. The van der Waals surface area contributed by atoms with Crippen LogP contribution in [0.2, 0.25) is 0 Å². The Kier molecular flexibility index (Phi) is 5.63. The van der Waals surface area contributed by atoms with Crippen LogP contribution in [0.4, 0.5) is 5.95 Å². The van der Waals surface area contributed by atoms with E-state index in [1.165, 1.54) is 0 Å². The second kappa shape index (κ2) is 9.05. The number of benzene rings is 2. The smallest absolute Gasteiger partial charge is 0.330 e. The molecule has 0 bridgehead atoms. The van der Waals surface area contributed by atoms with Crippen LogP contribution < -0.4 is 14.9 Å². The van der Waals surface area contributed by atoms with Gasteiger partial charge in [-0.25, -0.2) is 5.43 Å². The predicted molar refractivity (Wildman–Crippen MR) is 108 cm³/mol. The zero-order chi connectivity index (χ0) is 19.7. The zero-order valence-corrected chi connectivity index (χ0v) is 15.2. The number of rotatable bonds is 7. The van der Waals surface area contributed by atoms with Gasteiger partial charge in [0.25, 0.3) is 5.95 Å². The molecule has 2 heterocycles. The number of para-hydroxylation sites is 2. The highest BCUT2D eigenvalue weighted by atomic mass is 16.5. The lowest BCUT2D eigenvalue weighted by molar-refractivity contribution is 0.398. The Bertz CT molecular complexity index is 1020. The van der Waals surface area contributed by atoms with E-state index >= 15 is 0 Å². The van der Waals surface area contributed by atoms with Gasteiger partial charge in [-0.05, 0) is 30.3 Å². The van der Waals surface area contributed by atoms with E-state index in [2.05, 4.69) is 30.5 Å². The molecule has 4 rings (SSSR count). The van der Waals surface area contributed by atoms with E-state index in [1.807, 2.05) is 48.5 Å². The highest BCUT2D eigenvalue weighted by Crippen LogP contribution is 2.23. The first-order valence-electron chi connectivity index (χ1n) is 8.76. The summed E-state index contributed by atoms with van der Waals surface area (Å²) in [4.78, 5) is 16.7. The lowest BCUT2D eigenvalue weighted by Gasteiger charge is -2.08. The molecule has 2 aromatic heterocycles. The van der Waals surface area contributed by atoms with Crippen molar-refractivity contribution in [2.24, 2.45) is 5.10 Å². The molecule has 29 heavy (non-hydrogen) atoms. The first kappa shape index (κ1) is 18.1. The van der Waals surface area contributed by atoms with Crippen molar-refractivity contribution in [2.75, 3.05) is 5.43 Å². The first-order valence-corrected chi connectivity index (χ1v) is 8.76. The molecule has 0 unspecified atom stereocenters. The van der Waals surface area contributed by atoms with Crippen LogP contribution in [0.1, 0.15) is 5.56 Å². The minimum atomic E-state index is 0.0798. The third kappa shape index (κ3) is 5.33. The van der Waals surface area contributed by atoms with Gasteiger partial charge in [0.2, 0.25) is 0 Å². The van der Waals surface area contributed by atoms with Gasteiger partial charge in [-0.15, -0.1) is 4.98 Å². The molecule has 0 fully saturated rings. The van der Waals surface area contributed by atoms with Crippen molar-refractivity contribution in [2.45, 2.75) is 0 Å². The summed E-state index contributed by atoms with van der Waals surface area (Å²) in [5.74, 6) is 1.36. The number of nitrogens with one attached hydrogen (secondary N) is 1. The lowest BCUT2D eigenvalue weighted by Crippen LogP contribution is -2.03. The maximum Gasteiger partial charge on any atom is 0.330 e. The highest BCUT2D eigenvalue weighted by molar-refractivity contribution is 5.79. The molecule has 2 aromatic carbocycles. The van der Waals surface area contributed by atoms with E-state index < -0.39 is 0 Å². The van der Waals surface area contributed by atoms with Crippen LogP contribution in [0.25, 0.3) is 0 Å². The summed E-state index contributed by atoms with van der Waals surface area (Å²) in [6, 6.07) is 22.3. The molecule has 0 amide bonds. The van der Waals surface area contributed by atoms with Crippen molar-refractivity contribution in [3.63, 3.8) is 0 Å². The SMILES string of the molecule is C(=N\Nc1nc(Oc2ccccc2)nc(Oc2ccccc2)n1)/c1cccnc1. The van der Waals surface area contributed by atoms with E-state index in [0.717, 1.165) is 5.56 Å². The molecule has 0 saturated heterocycles. The summed E-state index contributed by atoms with van der Waals surface area (Å²) < 4.78 is 11.4. The summed E-state index contributed by atoms with van der Waals surface area (Å²) in [7, 11) is 0. The van der Waals surface area contributed by atoms with E-state index in [-0.39, 0.29) is 18.0 Å². The number of nitrogens with zero attached hydrogens (tertiary/aromatic N) is 5. The van der Waals surface area contributed by atoms with E-state index in [1.54, 1.807) is 42.9 Å². The topological polar surface area (TPSA) is 94.4 Å². The monoisotopic (exact) mass is 384 g/mol. The summed E-state index contributed by atoms with van der Waals surface area (Å²) in [5, 5.41) is 4.13. The van der Waals surface area contributed by atoms with Gasteiger partial charge in [-0.2, -0.15) is 15.1 Å². The van der Waals surface area contributed by atoms with Crippen molar-refractivity contribution in [1.29, 1.82) is 0 Å². The Hall–Kier alpha value is -4.33. The van der Waals surface area contributed by atoms with Gasteiger partial charge in [0, 0.05) is 18.0 Å². The zero-order valence-electron chi connectivity index (χ0n) is 15.2. The Morgan fingerprint density at radius 1 is 0.724 bits per heavy atom. The number of hydrogen-bond acceptors (Lipinski definition) is 8. The average molecular weight is 384 g/mol. The normalized spacial score (nSPS) is 10.6. The second-order valence-corrected chi connectivity index (χ2v) is 5.71. The third-order valence-corrected chi connectivity index (χ3v) is 3.56. The van der Waals surface area contributed by atoms with Gasteiger partial charge >= 0.3 is 12.0 Å². The molecule has 0 spiro atoms. The summed E-state index contributed by atoms with van der Waals surface area (Å²) in [6.45, 7) is 0. The minimum Gasteiger partial charge on any atom is -0.424 e. The number of anilines is 1. The van der Waals surface area contributed by atoms with Gasteiger partial charge in [0.15, 0.2) is 0 Å². The van der Waals surface area contributed by atoms with Crippen LogP contribution in [-0.4, -0.2) is 26.2 Å². The van der Waals surface area contributed by atoms with E-state index in [4.69, 9.17) is 9.47 Å². The minimum absolute atomic E-state index is 0.0798. The molecule has 0 radical (unpaired) electrons. The fraction of sp³-hybridized carbons (Fsp3) is 0. The van der Waals surface area contributed by atoms with Crippen LogP contribution in [0.5, 0.6) is 23.5 Å². The van der Waals surface area contributed by atoms with E-state index in [0.29, 0.717) is 11.5 Å². The van der Waals surface area contributed by atoms with Crippen molar-refractivity contribution in [3.05, 3.63) is 90.8 Å². The van der Waals surface area contributed by atoms with Crippen LogP contribution in [0.15, 0.2) is 90.3 Å². The van der Waals surface area contributed by atoms with Crippen LogP contribution >= 0.6 is 0 Å². The van der Waals surface area contributed by atoms with Gasteiger partial charge in [-0.3, -0.25) is 4.98 Å². The molecule has 142 valence electrons. The largest absolute Gasteiger partial charge is 0.424 e. The van der Waals surface area contributed by atoms with Crippen LogP contribution in [-0.2, 0) is 0 Å². The van der Waals surface area contributed by atoms with Crippen molar-refractivity contribution in [3.8, 4) is 23.5 Å². The van der Waals surface area contributed by atoms with Crippen LogP contribution in [0, 0.1) is 0 Å². The standard InChI is InChI=1S/C21H16N6O2/c1-3-9-17(10-4-1)28-20-24-19(27-23-15-16-8-7-13-22-14-16)25-21(26-20)29-18-11-5-2-6-12-18/h1-15H,(H,24,25,26,27)/b23-15+. The Balaban J connectivity index is 1.57. The quantitative estimate of drug-likeness (QED) is 0.375. The fourth-order valence-corrected chi connectivity index (χ4v) is 2.28. The number of ether oxygens (including phenoxy) is 2. The number of aromatic nitrogens is 4. The fourth-order valence-electron chi connectivity index (χ4n) is 2.28. The second-order valence-electron chi connectivity index (χ2n) is 5.71. The van der Waals surface area contributed by atoms with Crippen molar-refractivity contribution >= 4 is 12.2 Å².